The molecule has 1 aromatic heterocycles. The molecule has 1 heterocycles. The predicted molar refractivity (Wildman–Crippen MR) is 212 cm³/mol. The molecular weight excluding hydrogens is 607 g/mol. The summed E-state index contributed by atoms with van der Waals surface area (Å²) in [4.78, 5) is 2.42. The highest BCUT2D eigenvalue weighted by atomic mass is 16.3. The summed E-state index contributed by atoms with van der Waals surface area (Å²) in [6.07, 6.45) is 0. The number of anilines is 3. The minimum atomic E-state index is 0.874. The monoisotopic (exact) mass is 637 g/mol. The number of hydrogen-bond acceptors (Lipinski definition) is 2. The van der Waals surface area contributed by atoms with E-state index in [4.69, 9.17) is 4.42 Å². The number of nitrogens with zero attached hydrogens (tertiary/aromatic N) is 1. The van der Waals surface area contributed by atoms with E-state index in [0.717, 1.165) is 39.0 Å². The minimum absolute atomic E-state index is 0.874. The van der Waals surface area contributed by atoms with Gasteiger partial charge in [-0.05, 0) is 85.6 Å². The molecule has 50 heavy (non-hydrogen) atoms. The molecule has 0 fully saturated rings. The summed E-state index contributed by atoms with van der Waals surface area (Å²) < 4.78 is 6.41. The Labute approximate surface area is 290 Å². The maximum atomic E-state index is 6.41. The number of hydrogen-bond donors (Lipinski definition) is 0. The Balaban J connectivity index is 1.20. The summed E-state index contributed by atoms with van der Waals surface area (Å²) in [5.41, 5.74) is 9.90. The van der Waals surface area contributed by atoms with Crippen LogP contribution in [-0.4, -0.2) is 0 Å². The van der Waals surface area contributed by atoms with Gasteiger partial charge >= 0.3 is 0 Å². The first kappa shape index (κ1) is 28.4. The third kappa shape index (κ3) is 4.50. The van der Waals surface area contributed by atoms with Crippen LogP contribution in [0.1, 0.15) is 0 Å². The zero-order chi connectivity index (χ0) is 33.0. The van der Waals surface area contributed by atoms with Crippen LogP contribution in [0.5, 0.6) is 0 Å². The highest BCUT2D eigenvalue weighted by molar-refractivity contribution is 6.18. The normalized spacial score (nSPS) is 11.6. The Hall–Kier alpha value is -6.64. The highest BCUT2D eigenvalue weighted by Gasteiger charge is 2.22. The van der Waals surface area contributed by atoms with Gasteiger partial charge in [0.25, 0.3) is 0 Å². The molecule has 0 spiro atoms. The van der Waals surface area contributed by atoms with Gasteiger partial charge < -0.3 is 9.32 Å². The summed E-state index contributed by atoms with van der Waals surface area (Å²) in [7, 11) is 0. The first-order chi connectivity index (χ1) is 24.8. The van der Waals surface area contributed by atoms with Crippen LogP contribution < -0.4 is 4.90 Å². The molecule has 0 aliphatic carbocycles. The van der Waals surface area contributed by atoms with Crippen LogP contribution in [0.2, 0.25) is 0 Å². The number of benzene rings is 9. The molecule has 9 aromatic carbocycles. The van der Waals surface area contributed by atoms with Gasteiger partial charge in [-0.15, -0.1) is 0 Å². The topological polar surface area (TPSA) is 16.4 Å². The van der Waals surface area contributed by atoms with Crippen LogP contribution in [0.15, 0.2) is 192 Å². The van der Waals surface area contributed by atoms with Gasteiger partial charge in [0.05, 0.1) is 16.8 Å². The van der Waals surface area contributed by atoms with Gasteiger partial charge in [-0.2, -0.15) is 0 Å². The van der Waals surface area contributed by atoms with Crippen LogP contribution in [-0.2, 0) is 0 Å². The Morgan fingerprint density at radius 2 is 0.920 bits per heavy atom. The van der Waals surface area contributed by atoms with Gasteiger partial charge in [-0.3, -0.25) is 0 Å². The summed E-state index contributed by atoms with van der Waals surface area (Å²) >= 11 is 0. The number of furan rings is 1. The predicted octanol–water partition coefficient (Wildman–Crippen LogP) is 13.8. The van der Waals surface area contributed by atoms with Crippen molar-refractivity contribution in [2.24, 2.45) is 0 Å². The van der Waals surface area contributed by atoms with Crippen molar-refractivity contribution in [3.8, 4) is 22.3 Å². The van der Waals surface area contributed by atoms with E-state index in [1.54, 1.807) is 0 Å². The van der Waals surface area contributed by atoms with Crippen molar-refractivity contribution in [1.82, 2.24) is 0 Å². The van der Waals surface area contributed by atoms with Crippen molar-refractivity contribution in [1.29, 1.82) is 0 Å². The van der Waals surface area contributed by atoms with Gasteiger partial charge in [0.15, 0.2) is 0 Å². The summed E-state index contributed by atoms with van der Waals surface area (Å²) in [6.45, 7) is 0. The van der Waals surface area contributed by atoms with E-state index in [9.17, 15) is 0 Å². The molecule has 0 atom stereocenters. The summed E-state index contributed by atoms with van der Waals surface area (Å²) in [5.74, 6) is 0. The molecule has 0 saturated carbocycles. The molecule has 0 radical (unpaired) electrons. The zero-order valence-electron chi connectivity index (χ0n) is 27.3. The molecular formula is C48H31NO. The molecule has 0 unspecified atom stereocenters. The average Bonchev–Trinajstić information content (AvgIpc) is 3.58. The lowest BCUT2D eigenvalue weighted by Crippen LogP contribution is -2.11. The molecule has 0 amide bonds. The van der Waals surface area contributed by atoms with E-state index in [-0.39, 0.29) is 0 Å². The van der Waals surface area contributed by atoms with Gasteiger partial charge in [0.1, 0.15) is 11.2 Å². The largest absolute Gasteiger partial charge is 0.456 e. The summed E-state index contributed by atoms with van der Waals surface area (Å²) in [6, 6.07) is 67.5. The highest BCUT2D eigenvalue weighted by Crippen LogP contribution is 2.47. The average molecular weight is 638 g/mol. The minimum Gasteiger partial charge on any atom is -0.456 e. The number of rotatable bonds is 5. The molecule has 234 valence electrons. The van der Waals surface area contributed by atoms with Crippen LogP contribution in [0.3, 0.4) is 0 Å². The molecule has 10 aromatic rings. The molecule has 2 nitrogen and oxygen atoms in total. The van der Waals surface area contributed by atoms with E-state index in [0.29, 0.717) is 0 Å². The molecule has 0 N–H and O–H groups in total. The SMILES string of the molecule is c1ccc(-c2cccc3ccccc23)c(-c2ccc(N(c3cc4ccccc4c4ccccc34)c3cccc4oc5ccccc5c34)cc2)c1. The summed E-state index contributed by atoms with van der Waals surface area (Å²) in [5, 5.41) is 9.59. The Kier molecular flexibility index (Phi) is 6.53. The van der Waals surface area contributed by atoms with E-state index in [1.807, 2.05) is 6.07 Å². The Morgan fingerprint density at radius 1 is 0.340 bits per heavy atom. The van der Waals surface area contributed by atoms with Crippen LogP contribution in [0, 0.1) is 0 Å². The molecule has 2 heteroatoms. The van der Waals surface area contributed by atoms with Crippen molar-refractivity contribution in [2.75, 3.05) is 4.90 Å². The Bertz CT molecular complexity index is 2870. The van der Waals surface area contributed by atoms with Gasteiger partial charge in [0.2, 0.25) is 0 Å². The molecule has 0 bridgehead atoms. The quantitative estimate of drug-likeness (QED) is 0.175. The maximum absolute atomic E-state index is 6.41. The van der Waals surface area contributed by atoms with E-state index < -0.39 is 0 Å². The van der Waals surface area contributed by atoms with E-state index in [1.165, 1.54) is 54.6 Å². The smallest absolute Gasteiger partial charge is 0.137 e. The lowest BCUT2D eigenvalue weighted by molar-refractivity contribution is 0.669. The first-order valence-electron chi connectivity index (χ1n) is 17.1. The van der Waals surface area contributed by atoms with Gasteiger partial charge in [-0.1, -0.05) is 152 Å². The van der Waals surface area contributed by atoms with E-state index in [2.05, 4.69) is 187 Å². The van der Waals surface area contributed by atoms with Gasteiger partial charge in [0, 0.05) is 16.5 Å². The van der Waals surface area contributed by atoms with E-state index >= 15 is 0 Å². The molecule has 10 rings (SSSR count). The second-order valence-corrected chi connectivity index (χ2v) is 12.9. The Morgan fingerprint density at radius 3 is 1.76 bits per heavy atom. The van der Waals surface area contributed by atoms with Gasteiger partial charge in [-0.25, -0.2) is 0 Å². The van der Waals surface area contributed by atoms with Crippen molar-refractivity contribution >= 4 is 71.3 Å². The standard InChI is InChI=1S/C48H31NO/c1-3-16-36-32(13-1)15-11-23-40(36)39-19-6-5-17-37(39)33-27-29-35(30-28-33)49(44-24-12-26-47-48(44)43-22-9-10-25-46(43)50-47)45-31-34-14-2-4-18-38(34)41-20-7-8-21-42(41)45/h1-31H. The first-order valence-corrected chi connectivity index (χ1v) is 17.1. The van der Waals surface area contributed by atoms with Crippen molar-refractivity contribution in [3.63, 3.8) is 0 Å². The second-order valence-electron chi connectivity index (χ2n) is 12.9. The number of para-hydroxylation sites is 1. The third-order valence-electron chi connectivity index (χ3n) is 10.1. The van der Waals surface area contributed by atoms with Crippen LogP contribution >= 0.6 is 0 Å². The molecule has 0 aliphatic rings. The number of fused-ring (bicyclic) bond motifs is 7. The molecule has 0 saturated heterocycles. The maximum Gasteiger partial charge on any atom is 0.137 e. The van der Waals surface area contributed by atoms with Crippen molar-refractivity contribution in [2.45, 2.75) is 0 Å². The lowest BCUT2D eigenvalue weighted by atomic mass is 9.91. The third-order valence-corrected chi connectivity index (χ3v) is 10.1. The molecule has 0 aliphatic heterocycles. The van der Waals surface area contributed by atoms with Crippen molar-refractivity contribution < 1.29 is 4.42 Å². The second kappa shape index (κ2) is 11.5. The van der Waals surface area contributed by atoms with Crippen LogP contribution in [0.25, 0.3) is 76.5 Å². The fourth-order valence-corrected chi connectivity index (χ4v) is 7.79. The fourth-order valence-electron chi connectivity index (χ4n) is 7.79. The zero-order valence-corrected chi connectivity index (χ0v) is 27.3. The van der Waals surface area contributed by atoms with Crippen molar-refractivity contribution in [3.05, 3.63) is 188 Å². The fraction of sp³-hybridized carbons (Fsp3) is 0. The van der Waals surface area contributed by atoms with Crippen LogP contribution in [0.4, 0.5) is 17.1 Å². The lowest BCUT2D eigenvalue weighted by Gasteiger charge is -2.28.